The van der Waals surface area contributed by atoms with Gasteiger partial charge in [-0.2, -0.15) is 0 Å². The summed E-state index contributed by atoms with van der Waals surface area (Å²) in [5, 5.41) is 3.75. The average molecular weight is 405 g/mol. The maximum absolute atomic E-state index is 12.1. The van der Waals surface area contributed by atoms with Gasteiger partial charge in [0.1, 0.15) is 0 Å². The number of hydrogen-bond acceptors (Lipinski definition) is 4. The molecule has 28 heavy (non-hydrogen) atoms. The fraction of sp³-hybridized carbons (Fsp3) is 0.550. The third kappa shape index (κ3) is 4.92. The lowest BCUT2D eigenvalue weighted by atomic mass is 9.78. The van der Waals surface area contributed by atoms with Gasteiger partial charge in [-0.15, -0.1) is 0 Å². The molecule has 0 radical (unpaired) electrons. The Kier molecular flexibility index (Phi) is 6.72. The van der Waals surface area contributed by atoms with Gasteiger partial charge in [-0.25, -0.2) is 4.79 Å². The molecule has 1 aromatic carbocycles. The van der Waals surface area contributed by atoms with E-state index >= 15 is 0 Å². The molecule has 1 aromatic heterocycles. The van der Waals surface area contributed by atoms with Crippen molar-refractivity contribution < 1.29 is 9.21 Å². The number of aryl methyl sites for hydroxylation is 1. The summed E-state index contributed by atoms with van der Waals surface area (Å²) in [5.74, 6) is 0.648. The number of thiocarbonyl (C=S) groups is 1. The Bertz CT molecular complexity index is 891. The van der Waals surface area contributed by atoms with E-state index in [4.69, 9.17) is 16.6 Å². The predicted molar refractivity (Wildman–Crippen MR) is 113 cm³/mol. The quantitative estimate of drug-likeness (QED) is 0.525. The largest absolute Gasteiger partial charge is 0.419 e. The predicted octanol–water partition coefficient (Wildman–Crippen LogP) is 2.69. The van der Waals surface area contributed by atoms with Gasteiger partial charge in [0.15, 0.2) is 10.7 Å². The van der Waals surface area contributed by atoms with E-state index < -0.39 is 5.76 Å². The molecular formula is C20H28N4O3S. The van der Waals surface area contributed by atoms with Crippen LogP contribution in [0.5, 0.6) is 0 Å². The van der Waals surface area contributed by atoms with Crippen molar-refractivity contribution in [3.8, 4) is 0 Å². The average Bonchev–Trinajstić information content (AvgIpc) is 2.99. The molecular weight excluding hydrogens is 376 g/mol. The first-order valence-electron chi connectivity index (χ1n) is 9.89. The second-order valence-electron chi connectivity index (χ2n) is 7.61. The number of fused-ring (bicyclic) bond motifs is 1. The second kappa shape index (κ2) is 9.23. The molecule has 7 nitrogen and oxygen atoms in total. The van der Waals surface area contributed by atoms with Crippen LogP contribution in [-0.4, -0.2) is 21.6 Å². The number of amides is 1. The highest BCUT2D eigenvalue weighted by molar-refractivity contribution is 7.80. The van der Waals surface area contributed by atoms with Crippen LogP contribution in [0.2, 0.25) is 0 Å². The van der Waals surface area contributed by atoms with Crippen molar-refractivity contribution in [2.24, 2.45) is 11.8 Å². The molecule has 1 amide bonds. The highest BCUT2D eigenvalue weighted by atomic mass is 32.1. The maximum Gasteiger partial charge on any atom is 0.419 e. The number of para-hydroxylation sites is 2. The van der Waals surface area contributed by atoms with Crippen molar-refractivity contribution >= 4 is 34.3 Å². The molecule has 0 saturated heterocycles. The van der Waals surface area contributed by atoms with Crippen molar-refractivity contribution in [2.45, 2.75) is 58.5 Å². The Morgan fingerprint density at radius 2 is 2.04 bits per heavy atom. The number of carbonyl (C=O) groups is 1. The molecule has 3 rings (SSSR count). The molecule has 1 aliphatic carbocycles. The number of aromatic nitrogens is 1. The number of nitrogens with zero attached hydrogens (tertiary/aromatic N) is 1. The van der Waals surface area contributed by atoms with Gasteiger partial charge in [0, 0.05) is 19.0 Å². The fourth-order valence-corrected chi connectivity index (χ4v) is 4.00. The minimum absolute atomic E-state index is 0.171. The molecule has 3 N–H and O–H groups in total. The van der Waals surface area contributed by atoms with Crippen molar-refractivity contribution in [1.29, 1.82) is 0 Å². The van der Waals surface area contributed by atoms with Crippen molar-refractivity contribution in [2.75, 3.05) is 0 Å². The molecule has 1 aliphatic rings. The molecule has 2 aromatic rings. The van der Waals surface area contributed by atoms with Gasteiger partial charge in [-0.1, -0.05) is 38.8 Å². The van der Waals surface area contributed by atoms with Gasteiger partial charge >= 0.3 is 5.76 Å². The number of benzene rings is 1. The zero-order valence-corrected chi connectivity index (χ0v) is 17.2. The number of rotatable bonds is 5. The van der Waals surface area contributed by atoms with E-state index in [1.165, 1.54) is 12.8 Å². The number of oxazole rings is 1. The first-order chi connectivity index (χ1) is 13.5. The minimum Gasteiger partial charge on any atom is -0.408 e. The van der Waals surface area contributed by atoms with E-state index in [0.717, 1.165) is 11.9 Å². The summed E-state index contributed by atoms with van der Waals surface area (Å²) in [7, 11) is 0. The SMILES string of the molecule is C[C@@H]1[C@H](C)CCC[C@H]1NC(=S)NNC(=O)CCCn1c(=O)oc2ccccc21. The summed E-state index contributed by atoms with van der Waals surface area (Å²) in [6, 6.07) is 7.60. The molecule has 0 unspecified atom stereocenters. The second-order valence-corrected chi connectivity index (χ2v) is 8.02. The van der Waals surface area contributed by atoms with Gasteiger partial charge in [0.2, 0.25) is 5.91 Å². The van der Waals surface area contributed by atoms with Crippen LogP contribution in [0, 0.1) is 11.8 Å². The highest BCUT2D eigenvalue weighted by Crippen LogP contribution is 2.29. The molecule has 152 valence electrons. The molecule has 0 bridgehead atoms. The highest BCUT2D eigenvalue weighted by Gasteiger charge is 2.27. The summed E-state index contributed by atoms with van der Waals surface area (Å²) in [6.45, 7) is 4.93. The van der Waals surface area contributed by atoms with Crippen LogP contribution < -0.4 is 21.9 Å². The van der Waals surface area contributed by atoms with Crippen LogP contribution in [0.25, 0.3) is 11.1 Å². The molecule has 8 heteroatoms. The molecule has 1 fully saturated rings. The normalized spacial score (nSPS) is 22.0. The Balaban J connectivity index is 1.40. The molecule has 3 atom stereocenters. The Morgan fingerprint density at radius 3 is 2.86 bits per heavy atom. The van der Waals surface area contributed by atoms with Gasteiger partial charge in [0.05, 0.1) is 5.52 Å². The molecule has 0 aliphatic heterocycles. The lowest BCUT2D eigenvalue weighted by Crippen LogP contribution is -2.52. The summed E-state index contributed by atoms with van der Waals surface area (Å²) in [6.07, 6.45) is 4.34. The number of carbonyl (C=O) groups excluding carboxylic acids is 1. The van der Waals surface area contributed by atoms with Gasteiger partial charge < -0.3 is 9.73 Å². The maximum atomic E-state index is 12.1. The van der Waals surface area contributed by atoms with Gasteiger partial charge in [-0.05, 0) is 49.0 Å². The topological polar surface area (TPSA) is 88.3 Å². The van der Waals surface area contributed by atoms with Crippen LogP contribution in [0.1, 0.15) is 46.0 Å². The van der Waals surface area contributed by atoms with Crippen molar-refractivity contribution in [3.05, 3.63) is 34.8 Å². The summed E-state index contributed by atoms with van der Waals surface area (Å²) in [4.78, 5) is 24.0. The van der Waals surface area contributed by atoms with Crippen molar-refractivity contribution in [1.82, 2.24) is 20.7 Å². The van der Waals surface area contributed by atoms with E-state index in [-0.39, 0.29) is 12.3 Å². The lowest BCUT2D eigenvalue weighted by molar-refractivity contribution is -0.121. The monoisotopic (exact) mass is 404 g/mol. The molecule has 1 heterocycles. The van der Waals surface area contributed by atoms with E-state index in [0.29, 0.717) is 41.5 Å². The van der Waals surface area contributed by atoms with E-state index in [1.807, 2.05) is 18.2 Å². The minimum atomic E-state index is -0.402. The number of hydrogen-bond donors (Lipinski definition) is 3. The van der Waals surface area contributed by atoms with Gasteiger partial charge in [0.25, 0.3) is 0 Å². The standard InChI is InChI=1S/C20H28N4O3S/c1-13-7-5-8-15(14(13)2)21-19(28)23-22-18(25)11-6-12-24-16-9-3-4-10-17(16)27-20(24)26/h3-4,9-10,13-15H,5-8,11-12H2,1-2H3,(H,22,25)(H2,21,23,28)/t13-,14-,15-/m1/s1. The third-order valence-electron chi connectivity index (χ3n) is 5.70. The van der Waals surface area contributed by atoms with Crippen LogP contribution in [0.15, 0.2) is 33.5 Å². The number of nitrogens with one attached hydrogen (secondary N) is 3. The molecule has 1 saturated carbocycles. The Hall–Kier alpha value is -2.35. The van der Waals surface area contributed by atoms with Crippen LogP contribution >= 0.6 is 12.2 Å². The van der Waals surface area contributed by atoms with Crippen LogP contribution in [0.3, 0.4) is 0 Å². The Morgan fingerprint density at radius 1 is 1.25 bits per heavy atom. The smallest absolute Gasteiger partial charge is 0.408 e. The Labute approximate surface area is 169 Å². The van der Waals surface area contributed by atoms with Crippen LogP contribution in [-0.2, 0) is 11.3 Å². The summed E-state index contributed by atoms with van der Waals surface area (Å²) in [5.41, 5.74) is 6.71. The number of hydrazine groups is 1. The zero-order valence-electron chi connectivity index (χ0n) is 16.4. The van der Waals surface area contributed by atoms with Gasteiger partial charge in [-0.3, -0.25) is 20.2 Å². The summed E-state index contributed by atoms with van der Waals surface area (Å²) < 4.78 is 6.74. The van der Waals surface area contributed by atoms with E-state index in [1.54, 1.807) is 10.6 Å². The van der Waals surface area contributed by atoms with Crippen molar-refractivity contribution in [3.63, 3.8) is 0 Å². The first-order valence-corrected chi connectivity index (χ1v) is 10.3. The lowest BCUT2D eigenvalue weighted by Gasteiger charge is -2.35. The first kappa shape index (κ1) is 20.4. The van der Waals surface area contributed by atoms with Crippen LogP contribution in [0.4, 0.5) is 0 Å². The third-order valence-corrected chi connectivity index (χ3v) is 5.92. The summed E-state index contributed by atoms with van der Waals surface area (Å²) >= 11 is 5.30. The van der Waals surface area contributed by atoms with E-state index in [9.17, 15) is 9.59 Å². The van der Waals surface area contributed by atoms with E-state index in [2.05, 4.69) is 30.0 Å². The molecule has 0 spiro atoms. The fourth-order valence-electron chi connectivity index (χ4n) is 3.80. The zero-order chi connectivity index (χ0) is 20.1.